The van der Waals surface area contributed by atoms with Crippen molar-refractivity contribution >= 4 is 11.9 Å². The molecule has 2 aliphatic heterocycles. The van der Waals surface area contributed by atoms with E-state index in [1.807, 2.05) is 0 Å². The van der Waals surface area contributed by atoms with Crippen LogP contribution in [0.15, 0.2) is 0 Å². The molecule has 0 N–H and O–H groups in total. The van der Waals surface area contributed by atoms with E-state index in [-0.39, 0.29) is 11.9 Å². The molecule has 6 heteroatoms. The van der Waals surface area contributed by atoms with Crippen LogP contribution in [-0.2, 0) is 19.1 Å². The molecular weight excluding hydrogens is 320 g/mol. The average Bonchev–Trinajstić information content (AvgIpc) is 2.58. The number of carbonyl (C=O) groups excluding carboxylic acids is 2. The van der Waals surface area contributed by atoms with Crippen LogP contribution < -0.4 is 0 Å². The number of hydrogen-bond donors (Lipinski definition) is 0. The number of rotatable bonds is 8. The SMILES string of the molecule is CN1CCCC(COC(=O)CCCC(=O)OCC2CCCN(C)C2)C1. The lowest BCUT2D eigenvalue weighted by Gasteiger charge is -2.29. The molecule has 0 spiro atoms. The molecule has 144 valence electrons. The van der Waals surface area contributed by atoms with Crippen molar-refractivity contribution in [2.75, 3.05) is 53.5 Å². The molecule has 0 bridgehead atoms. The van der Waals surface area contributed by atoms with Gasteiger partial charge < -0.3 is 19.3 Å². The zero-order chi connectivity index (χ0) is 18.1. The highest BCUT2D eigenvalue weighted by atomic mass is 16.5. The monoisotopic (exact) mass is 354 g/mol. The van der Waals surface area contributed by atoms with Crippen molar-refractivity contribution in [2.45, 2.75) is 44.9 Å². The van der Waals surface area contributed by atoms with Crippen LogP contribution in [0.2, 0.25) is 0 Å². The number of piperidine rings is 2. The van der Waals surface area contributed by atoms with Gasteiger partial charge in [-0.2, -0.15) is 0 Å². The van der Waals surface area contributed by atoms with Crippen molar-refractivity contribution in [1.29, 1.82) is 0 Å². The smallest absolute Gasteiger partial charge is 0.305 e. The maximum atomic E-state index is 11.8. The molecule has 2 saturated heterocycles. The zero-order valence-electron chi connectivity index (χ0n) is 15.9. The van der Waals surface area contributed by atoms with E-state index in [0.29, 0.717) is 44.3 Å². The first-order chi connectivity index (χ1) is 12.0. The van der Waals surface area contributed by atoms with Gasteiger partial charge in [-0.15, -0.1) is 0 Å². The van der Waals surface area contributed by atoms with Crippen LogP contribution in [0.4, 0.5) is 0 Å². The Morgan fingerprint density at radius 2 is 1.28 bits per heavy atom. The number of nitrogens with zero attached hydrogens (tertiary/aromatic N) is 2. The van der Waals surface area contributed by atoms with Gasteiger partial charge in [0.1, 0.15) is 0 Å². The van der Waals surface area contributed by atoms with Crippen LogP contribution in [-0.4, -0.2) is 75.2 Å². The topological polar surface area (TPSA) is 59.1 Å². The number of esters is 2. The summed E-state index contributed by atoms with van der Waals surface area (Å²) in [5.41, 5.74) is 0. The molecule has 2 fully saturated rings. The van der Waals surface area contributed by atoms with Crippen molar-refractivity contribution in [2.24, 2.45) is 11.8 Å². The summed E-state index contributed by atoms with van der Waals surface area (Å²) in [4.78, 5) is 28.2. The van der Waals surface area contributed by atoms with E-state index < -0.39 is 0 Å². The summed E-state index contributed by atoms with van der Waals surface area (Å²) in [6.45, 7) is 5.25. The lowest BCUT2D eigenvalue weighted by atomic mass is 9.99. The molecule has 2 rings (SSSR count). The van der Waals surface area contributed by atoms with Gasteiger partial charge in [-0.1, -0.05) is 0 Å². The predicted octanol–water partition coefficient (Wildman–Crippen LogP) is 1.93. The minimum absolute atomic E-state index is 0.199. The maximum Gasteiger partial charge on any atom is 0.305 e. The molecule has 0 radical (unpaired) electrons. The predicted molar refractivity (Wildman–Crippen MR) is 96.2 cm³/mol. The van der Waals surface area contributed by atoms with E-state index in [1.54, 1.807) is 0 Å². The molecule has 2 aliphatic rings. The standard InChI is InChI=1S/C19H34N2O4/c1-20-10-4-6-16(12-20)14-24-18(22)8-3-9-19(23)25-15-17-7-5-11-21(2)13-17/h16-17H,3-15H2,1-2H3. The normalized spacial score (nSPS) is 25.5. The summed E-state index contributed by atoms with van der Waals surface area (Å²) >= 11 is 0. The fraction of sp³-hybridized carbons (Fsp3) is 0.895. The van der Waals surface area contributed by atoms with Gasteiger partial charge in [-0.05, 0) is 59.3 Å². The molecule has 25 heavy (non-hydrogen) atoms. The Hall–Kier alpha value is -1.14. The molecule has 0 aliphatic carbocycles. The highest BCUT2D eigenvalue weighted by molar-refractivity contribution is 5.72. The summed E-state index contributed by atoms with van der Waals surface area (Å²) in [6.07, 6.45) is 5.68. The third-order valence-corrected chi connectivity index (χ3v) is 5.17. The van der Waals surface area contributed by atoms with Crippen LogP contribution in [0.25, 0.3) is 0 Å². The second kappa shape index (κ2) is 10.8. The van der Waals surface area contributed by atoms with Crippen LogP contribution in [0, 0.1) is 11.8 Å². The van der Waals surface area contributed by atoms with Gasteiger partial charge in [0.05, 0.1) is 13.2 Å². The highest BCUT2D eigenvalue weighted by Gasteiger charge is 2.20. The largest absolute Gasteiger partial charge is 0.465 e. The van der Waals surface area contributed by atoms with Crippen molar-refractivity contribution in [3.05, 3.63) is 0 Å². The van der Waals surface area contributed by atoms with Crippen LogP contribution in [0.1, 0.15) is 44.9 Å². The lowest BCUT2D eigenvalue weighted by molar-refractivity contribution is -0.147. The summed E-state index contributed by atoms with van der Waals surface area (Å²) < 4.78 is 10.7. The first-order valence-electron chi connectivity index (χ1n) is 9.71. The third kappa shape index (κ3) is 8.19. The molecule has 6 nitrogen and oxygen atoms in total. The van der Waals surface area contributed by atoms with Gasteiger partial charge in [0.2, 0.25) is 0 Å². The fourth-order valence-electron chi connectivity index (χ4n) is 3.76. The van der Waals surface area contributed by atoms with Gasteiger partial charge in [0.15, 0.2) is 0 Å². The lowest BCUT2D eigenvalue weighted by Crippen LogP contribution is -2.34. The Bertz CT molecular complexity index is 392. The molecule has 0 aromatic heterocycles. The number of carbonyl (C=O) groups is 2. The van der Waals surface area contributed by atoms with Crippen LogP contribution >= 0.6 is 0 Å². The summed E-state index contributed by atoms with van der Waals surface area (Å²) in [6, 6.07) is 0. The minimum atomic E-state index is -0.199. The van der Waals surface area contributed by atoms with E-state index in [9.17, 15) is 9.59 Å². The van der Waals surface area contributed by atoms with E-state index in [1.165, 1.54) is 12.8 Å². The zero-order valence-corrected chi connectivity index (χ0v) is 15.9. The molecule has 2 heterocycles. The Morgan fingerprint density at radius 1 is 0.840 bits per heavy atom. The third-order valence-electron chi connectivity index (χ3n) is 5.17. The minimum Gasteiger partial charge on any atom is -0.465 e. The Labute approximate surface area is 151 Å². The molecule has 0 aromatic rings. The van der Waals surface area contributed by atoms with Crippen molar-refractivity contribution < 1.29 is 19.1 Å². The van der Waals surface area contributed by atoms with Gasteiger partial charge in [-0.3, -0.25) is 9.59 Å². The van der Waals surface area contributed by atoms with Crippen molar-refractivity contribution in [3.8, 4) is 0 Å². The first-order valence-corrected chi connectivity index (χ1v) is 9.71. The molecule has 0 saturated carbocycles. The maximum absolute atomic E-state index is 11.8. The Balaban J connectivity index is 1.49. The summed E-state index contributed by atoms with van der Waals surface area (Å²) in [5.74, 6) is 0.493. The van der Waals surface area contributed by atoms with E-state index >= 15 is 0 Å². The summed E-state index contributed by atoms with van der Waals surface area (Å²) in [5, 5.41) is 0. The highest BCUT2D eigenvalue weighted by Crippen LogP contribution is 2.17. The van der Waals surface area contributed by atoms with Gasteiger partial charge in [-0.25, -0.2) is 0 Å². The fourth-order valence-corrected chi connectivity index (χ4v) is 3.76. The average molecular weight is 354 g/mol. The molecular formula is C19H34N2O4. The number of ether oxygens (including phenoxy) is 2. The molecule has 0 amide bonds. The van der Waals surface area contributed by atoms with Crippen LogP contribution in [0.3, 0.4) is 0 Å². The van der Waals surface area contributed by atoms with Gasteiger partial charge >= 0.3 is 11.9 Å². The molecule has 2 unspecified atom stereocenters. The van der Waals surface area contributed by atoms with Crippen molar-refractivity contribution in [1.82, 2.24) is 9.80 Å². The first kappa shape index (κ1) is 20.2. The van der Waals surface area contributed by atoms with Crippen LogP contribution in [0.5, 0.6) is 0 Å². The number of likely N-dealkylation sites (tertiary alicyclic amines) is 2. The van der Waals surface area contributed by atoms with E-state index in [4.69, 9.17) is 9.47 Å². The molecule has 0 aromatic carbocycles. The molecule has 2 atom stereocenters. The second-order valence-electron chi connectivity index (χ2n) is 7.76. The van der Waals surface area contributed by atoms with Gasteiger partial charge in [0.25, 0.3) is 0 Å². The second-order valence-corrected chi connectivity index (χ2v) is 7.76. The quantitative estimate of drug-likeness (QED) is 0.621. The Kier molecular flexibility index (Phi) is 8.68. The Morgan fingerprint density at radius 3 is 1.68 bits per heavy atom. The van der Waals surface area contributed by atoms with Crippen molar-refractivity contribution in [3.63, 3.8) is 0 Å². The van der Waals surface area contributed by atoms with E-state index in [2.05, 4.69) is 23.9 Å². The van der Waals surface area contributed by atoms with E-state index in [0.717, 1.165) is 39.0 Å². The summed E-state index contributed by atoms with van der Waals surface area (Å²) in [7, 11) is 4.20. The van der Waals surface area contributed by atoms with Gasteiger partial charge in [0, 0.05) is 37.8 Å². The number of hydrogen-bond acceptors (Lipinski definition) is 6.